The Bertz CT molecular complexity index is 451. The van der Waals surface area contributed by atoms with E-state index in [0.717, 1.165) is 29.1 Å². The van der Waals surface area contributed by atoms with E-state index in [9.17, 15) is 4.79 Å². The summed E-state index contributed by atoms with van der Waals surface area (Å²) in [5.41, 5.74) is 1.85. The molecule has 0 spiro atoms. The largest absolute Gasteiger partial charge is 0.453 e. The molecule has 1 heterocycles. The molecule has 0 aromatic heterocycles. The fraction of sp³-hybridized carbons (Fsp3) is 0.462. The highest BCUT2D eigenvalue weighted by Gasteiger charge is 2.26. The van der Waals surface area contributed by atoms with Gasteiger partial charge in [-0.15, -0.1) is 12.6 Å². The van der Waals surface area contributed by atoms with E-state index in [1.807, 2.05) is 18.2 Å². The van der Waals surface area contributed by atoms with Crippen LogP contribution < -0.4 is 10.6 Å². The molecule has 18 heavy (non-hydrogen) atoms. The number of carbonyl (C=O) groups excluding carboxylic acids is 1. The van der Waals surface area contributed by atoms with Gasteiger partial charge in [0.15, 0.2) is 0 Å². The van der Waals surface area contributed by atoms with Crippen molar-refractivity contribution in [3.8, 4) is 0 Å². The number of anilines is 1. The van der Waals surface area contributed by atoms with Crippen molar-refractivity contribution in [3.05, 3.63) is 23.8 Å². The van der Waals surface area contributed by atoms with Gasteiger partial charge in [-0.05, 0) is 42.6 Å². The van der Waals surface area contributed by atoms with E-state index in [-0.39, 0.29) is 0 Å². The number of ether oxygens (including phenoxy) is 1. The Balaban J connectivity index is 2.23. The molecule has 2 atom stereocenters. The Kier molecular flexibility index (Phi) is 4.14. The molecule has 1 aromatic carbocycles. The molecule has 0 unspecified atom stereocenters. The van der Waals surface area contributed by atoms with Crippen molar-refractivity contribution in [1.82, 2.24) is 5.32 Å². The van der Waals surface area contributed by atoms with Crippen molar-refractivity contribution in [2.45, 2.75) is 24.3 Å². The molecule has 1 aliphatic rings. The maximum absolute atomic E-state index is 11.2. The Morgan fingerprint density at radius 3 is 2.94 bits per heavy atom. The summed E-state index contributed by atoms with van der Waals surface area (Å²) >= 11 is 4.49. The van der Waals surface area contributed by atoms with Gasteiger partial charge in [0, 0.05) is 16.6 Å². The van der Waals surface area contributed by atoms with Gasteiger partial charge in [0.1, 0.15) is 0 Å². The van der Waals surface area contributed by atoms with Crippen LogP contribution in [0, 0.1) is 5.92 Å². The number of hydrogen-bond donors (Lipinski definition) is 3. The fourth-order valence-corrected chi connectivity index (χ4v) is 2.58. The van der Waals surface area contributed by atoms with Gasteiger partial charge in [-0.3, -0.25) is 5.32 Å². The van der Waals surface area contributed by atoms with Crippen LogP contribution >= 0.6 is 12.6 Å². The first-order chi connectivity index (χ1) is 8.61. The molecular weight excluding hydrogens is 248 g/mol. The standard InChI is InChI=1S/C13H18N2O2S/c1-8-5-6-14-12(8)10-7-9(3-4-11(10)18)15-13(16)17-2/h3-4,7-8,12,14,18H,5-6H2,1-2H3,(H,15,16)/t8-,12-/m1/s1. The van der Waals surface area contributed by atoms with Gasteiger partial charge in [0.25, 0.3) is 0 Å². The monoisotopic (exact) mass is 266 g/mol. The molecule has 98 valence electrons. The number of rotatable bonds is 2. The summed E-state index contributed by atoms with van der Waals surface area (Å²) in [7, 11) is 1.35. The number of amides is 1. The molecule has 1 amide bonds. The second-order valence-corrected chi connectivity index (χ2v) is 5.07. The molecule has 1 aromatic rings. The first-order valence-electron chi connectivity index (χ1n) is 6.03. The molecule has 1 saturated heterocycles. The molecule has 0 bridgehead atoms. The minimum atomic E-state index is -0.458. The number of hydrogen-bond acceptors (Lipinski definition) is 4. The first kappa shape index (κ1) is 13.2. The van der Waals surface area contributed by atoms with Crippen molar-refractivity contribution in [1.29, 1.82) is 0 Å². The maximum Gasteiger partial charge on any atom is 0.411 e. The number of nitrogens with one attached hydrogen (secondary N) is 2. The first-order valence-corrected chi connectivity index (χ1v) is 6.48. The van der Waals surface area contributed by atoms with E-state index in [2.05, 4.69) is 34.9 Å². The van der Waals surface area contributed by atoms with E-state index in [1.165, 1.54) is 7.11 Å². The van der Waals surface area contributed by atoms with Crippen LogP contribution in [0.2, 0.25) is 0 Å². The van der Waals surface area contributed by atoms with Gasteiger partial charge in [0.05, 0.1) is 7.11 Å². The van der Waals surface area contributed by atoms with Crippen molar-refractivity contribution in [2.75, 3.05) is 19.0 Å². The summed E-state index contributed by atoms with van der Waals surface area (Å²) in [6, 6.07) is 5.98. The highest BCUT2D eigenvalue weighted by molar-refractivity contribution is 7.80. The van der Waals surface area contributed by atoms with Gasteiger partial charge in [-0.2, -0.15) is 0 Å². The van der Waals surface area contributed by atoms with Gasteiger partial charge >= 0.3 is 6.09 Å². The lowest BCUT2D eigenvalue weighted by Gasteiger charge is -2.19. The zero-order chi connectivity index (χ0) is 13.1. The molecule has 0 saturated carbocycles. The summed E-state index contributed by atoms with van der Waals surface area (Å²) in [5.74, 6) is 0.573. The Morgan fingerprint density at radius 2 is 2.33 bits per heavy atom. The van der Waals surface area contributed by atoms with Crippen LogP contribution in [0.5, 0.6) is 0 Å². The van der Waals surface area contributed by atoms with E-state index in [0.29, 0.717) is 12.0 Å². The third-order valence-corrected chi connectivity index (χ3v) is 3.73. The zero-order valence-electron chi connectivity index (χ0n) is 10.6. The Labute approximate surface area is 113 Å². The van der Waals surface area contributed by atoms with E-state index in [1.54, 1.807) is 0 Å². The van der Waals surface area contributed by atoms with Crippen LogP contribution in [0.1, 0.15) is 24.9 Å². The lowest BCUT2D eigenvalue weighted by Crippen LogP contribution is -2.18. The zero-order valence-corrected chi connectivity index (χ0v) is 11.5. The average Bonchev–Trinajstić information content (AvgIpc) is 2.77. The van der Waals surface area contributed by atoms with Gasteiger partial charge in [-0.25, -0.2) is 4.79 Å². The van der Waals surface area contributed by atoms with Gasteiger partial charge in [0.2, 0.25) is 0 Å². The Morgan fingerprint density at radius 1 is 1.56 bits per heavy atom. The molecule has 4 nitrogen and oxygen atoms in total. The lowest BCUT2D eigenvalue weighted by atomic mass is 9.95. The van der Waals surface area contributed by atoms with Crippen molar-refractivity contribution in [3.63, 3.8) is 0 Å². The number of thiol groups is 1. The molecule has 1 fully saturated rings. The summed E-state index contributed by atoms with van der Waals surface area (Å²) in [6.45, 7) is 3.24. The summed E-state index contributed by atoms with van der Waals surface area (Å²) < 4.78 is 4.59. The van der Waals surface area contributed by atoms with Crippen molar-refractivity contribution >= 4 is 24.4 Å². The van der Waals surface area contributed by atoms with Crippen LogP contribution in [0.3, 0.4) is 0 Å². The number of methoxy groups -OCH3 is 1. The molecule has 0 radical (unpaired) electrons. The van der Waals surface area contributed by atoms with Crippen molar-refractivity contribution < 1.29 is 9.53 Å². The molecule has 0 aliphatic carbocycles. The predicted molar refractivity (Wildman–Crippen MR) is 74.2 cm³/mol. The van der Waals surface area contributed by atoms with Gasteiger partial charge in [-0.1, -0.05) is 6.92 Å². The van der Waals surface area contributed by atoms with Crippen LogP contribution in [-0.4, -0.2) is 19.7 Å². The predicted octanol–water partition coefficient (Wildman–Crippen LogP) is 2.82. The second kappa shape index (κ2) is 5.63. The van der Waals surface area contributed by atoms with E-state index < -0.39 is 6.09 Å². The normalized spacial score (nSPS) is 22.8. The third kappa shape index (κ3) is 2.79. The summed E-state index contributed by atoms with van der Waals surface area (Å²) in [5, 5.41) is 6.14. The minimum Gasteiger partial charge on any atom is -0.453 e. The minimum absolute atomic E-state index is 0.303. The quantitative estimate of drug-likeness (QED) is 0.721. The maximum atomic E-state index is 11.2. The van der Waals surface area contributed by atoms with Crippen LogP contribution in [0.4, 0.5) is 10.5 Å². The van der Waals surface area contributed by atoms with Crippen molar-refractivity contribution in [2.24, 2.45) is 5.92 Å². The fourth-order valence-electron chi connectivity index (χ4n) is 2.30. The SMILES string of the molecule is COC(=O)Nc1ccc(S)c([C@@H]2NCC[C@H]2C)c1. The van der Waals surface area contributed by atoms with Crippen LogP contribution in [0.25, 0.3) is 0 Å². The summed E-state index contributed by atoms with van der Waals surface area (Å²) in [4.78, 5) is 12.1. The Hall–Kier alpha value is -1.20. The van der Waals surface area contributed by atoms with Gasteiger partial charge < -0.3 is 10.1 Å². The second-order valence-electron chi connectivity index (χ2n) is 4.59. The molecular formula is C13H18N2O2S. The highest BCUT2D eigenvalue weighted by Crippen LogP contribution is 2.34. The smallest absolute Gasteiger partial charge is 0.411 e. The van der Waals surface area contributed by atoms with E-state index in [4.69, 9.17) is 0 Å². The topological polar surface area (TPSA) is 50.4 Å². The molecule has 2 rings (SSSR count). The molecule has 1 aliphatic heterocycles. The highest BCUT2D eigenvalue weighted by atomic mass is 32.1. The number of carbonyl (C=O) groups is 1. The van der Waals surface area contributed by atoms with E-state index >= 15 is 0 Å². The average molecular weight is 266 g/mol. The lowest BCUT2D eigenvalue weighted by molar-refractivity contribution is 0.187. The molecule has 5 heteroatoms. The van der Waals surface area contributed by atoms with Crippen LogP contribution in [0.15, 0.2) is 23.1 Å². The molecule has 2 N–H and O–H groups in total. The third-order valence-electron chi connectivity index (χ3n) is 3.33. The van der Waals surface area contributed by atoms with Crippen LogP contribution in [-0.2, 0) is 4.74 Å². The number of benzene rings is 1. The summed E-state index contributed by atoms with van der Waals surface area (Å²) in [6.07, 6.45) is 0.701.